The van der Waals surface area contributed by atoms with E-state index in [0.717, 1.165) is 31.7 Å². The lowest BCUT2D eigenvalue weighted by Crippen LogP contribution is -2.38. The number of carbonyl (C=O) groups excluding carboxylic acids is 1. The van der Waals surface area contributed by atoms with Crippen molar-refractivity contribution in [3.63, 3.8) is 0 Å². The normalized spacial score (nSPS) is 15.8. The molecule has 1 saturated heterocycles. The first-order chi connectivity index (χ1) is 13.1. The monoisotopic (exact) mass is 382 g/mol. The molecule has 0 unspecified atom stereocenters. The van der Waals surface area contributed by atoms with E-state index in [2.05, 4.69) is 27.4 Å². The molecule has 3 aromatic rings. The van der Waals surface area contributed by atoms with E-state index in [1.165, 1.54) is 15.5 Å². The minimum Gasteiger partial charge on any atom is -0.337 e. The van der Waals surface area contributed by atoms with Crippen LogP contribution in [0.3, 0.4) is 0 Å². The van der Waals surface area contributed by atoms with Gasteiger partial charge in [0.2, 0.25) is 0 Å². The number of aryl methyl sites for hydroxylation is 1. The molecule has 0 radical (unpaired) electrons. The Morgan fingerprint density at radius 2 is 2.04 bits per heavy atom. The fourth-order valence-corrected chi connectivity index (χ4v) is 4.29. The zero-order valence-corrected chi connectivity index (χ0v) is 16.1. The van der Waals surface area contributed by atoms with Crippen LogP contribution >= 0.6 is 11.3 Å². The molecule has 0 aromatic carbocycles. The molecule has 6 nitrogen and oxygen atoms in total. The summed E-state index contributed by atoms with van der Waals surface area (Å²) in [6.07, 6.45) is 2.33. The molecule has 1 amide bonds. The summed E-state index contributed by atoms with van der Waals surface area (Å²) in [5, 5.41) is 2.09. The summed E-state index contributed by atoms with van der Waals surface area (Å²) >= 11 is 1.76. The zero-order valence-electron chi connectivity index (χ0n) is 15.3. The largest absolute Gasteiger partial charge is 0.337 e. The standard InChI is InChI=1S/C20H22N4O2S/c1-15-5-2-7-18-21-13-17(20(26)24(15)18)19(25)23-9-4-8-22(10-11-23)14-16-6-3-12-27-16/h2-3,5-7,12-13H,4,8-11,14H2,1H3. The van der Waals surface area contributed by atoms with E-state index in [1.807, 2.05) is 19.1 Å². The number of pyridine rings is 1. The van der Waals surface area contributed by atoms with Gasteiger partial charge in [0, 0.05) is 49.5 Å². The summed E-state index contributed by atoms with van der Waals surface area (Å²) in [6.45, 7) is 5.81. The predicted molar refractivity (Wildman–Crippen MR) is 106 cm³/mol. The van der Waals surface area contributed by atoms with Gasteiger partial charge in [0.1, 0.15) is 11.2 Å². The van der Waals surface area contributed by atoms with Crippen LogP contribution in [0.25, 0.3) is 5.65 Å². The molecule has 0 atom stereocenters. The van der Waals surface area contributed by atoms with Gasteiger partial charge in [-0.15, -0.1) is 11.3 Å². The van der Waals surface area contributed by atoms with Crippen LogP contribution in [0.1, 0.15) is 27.3 Å². The Kier molecular flexibility index (Phi) is 5.05. The molecule has 3 aromatic heterocycles. The average molecular weight is 382 g/mol. The molecule has 0 bridgehead atoms. The summed E-state index contributed by atoms with van der Waals surface area (Å²) in [6, 6.07) is 9.68. The predicted octanol–water partition coefficient (Wildman–Crippen LogP) is 2.41. The third-order valence-electron chi connectivity index (χ3n) is 4.99. The van der Waals surface area contributed by atoms with E-state index in [9.17, 15) is 9.59 Å². The third-order valence-corrected chi connectivity index (χ3v) is 5.85. The molecule has 0 saturated carbocycles. The number of aromatic nitrogens is 2. The highest BCUT2D eigenvalue weighted by Gasteiger charge is 2.23. The Morgan fingerprint density at radius 1 is 1.15 bits per heavy atom. The Labute approximate surface area is 161 Å². The van der Waals surface area contributed by atoms with Crippen LogP contribution in [-0.2, 0) is 6.54 Å². The maximum atomic E-state index is 13.0. The first-order valence-corrected chi connectivity index (χ1v) is 10.0. The van der Waals surface area contributed by atoms with Crippen molar-refractivity contribution >= 4 is 22.9 Å². The highest BCUT2D eigenvalue weighted by molar-refractivity contribution is 7.09. The van der Waals surface area contributed by atoms with E-state index in [4.69, 9.17) is 0 Å². The van der Waals surface area contributed by atoms with E-state index in [1.54, 1.807) is 22.3 Å². The van der Waals surface area contributed by atoms with E-state index in [0.29, 0.717) is 18.7 Å². The molecular weight excluding hydrogens is 360 g/mol. The van der Waals surface area contributed by atoms with Crippen LogP contribution in [-0.4, -0.2) is 51.3 Å². The van der Waals surface area contributed by atoms with Gasteiger partial charge in [0.15, 0.2) is 0 Å². The Balaban J connectivity index is 1.53. The van der Waals surface area contributed by atoms with Crippen LogP contribution in [0, 0.1) is 6.92 Å². The van der Waals surface area contributed by atoms with E-state index < -0.39 is 0 Å². The van der Waals surface area contributed by atoms with Crippen molar-refractivity contribution in [3.05, 3.63) is 68.4 Å². The molecule has 140 valence electrons. The number of carbonyl (C=O) groups is 1. The number of nitrogens with zero attached hydrogens (tertiary/aromatic N) is 4. The average Bonchev–Trinajstić information content (AvgIpc) is 3.06. The molecule has 27 heavy (non-hydrogen) atoms. The molecule has 0 N–H and O–H groups in total. The second-order valence-electron chi connectivity index (χ2n) is 6.84. The lowest BCUT2D eigenvalue weighted by atomic mass is 10.2. The number of fused-ring (bicyclic) bond motifs is 1. The van der Waals surface area contributed by atoms with Gasteiger partial charge < -0.3 is 4.90 Å². The van der Waals surface area contributed by atoms with E-state index in [-0.39, 0.29) is 17.0 Å². The molecule has 7 heteroatoms. The van der Waals surface area contributed by atoms with Crippen LogP contribution in [0.5, 0.6) is 0 Å². The van der Waals surface area contributed by atoms with Crippen molar-refractivity contribution in [1.29, 1.82) is 0 Å². The second kappa shape index (κ2) is 7.62. The van der Waals surface area contributed by atoms with Gasteiger partial charge >= 0.3 is 0 Å². The van der Waals surface area contributed by atoms with Crippen molar-refractivity contribution in [2.45, 2.75) is 19.9 Å². The molecule has 1 aliphatic rings. The van der Waals surface area contributed by atoms with Crippen LogP contribution in [0.2, 0.25) is 0 Å². The van der Waals surface area contributed by atoms with Gasteiger partial charge in [-0.25, -0.2) is 4.98 Å². The summed E-state index contributed by atoms with van der Waals surface area (Å²) in [7, 11) is 0. The fraction of sp³-hybridized carbons (Fsp3) is 0.350. The molecule has 1 aliphatic heterocycles. The number of hydrogen-bond acceptors (Lipinski definition) is 5. The van der Waals surface area contributed by atoms with Gasteiger partial charge in [-0.05, 0) is 36.9 Å². The summed E-state index contributed by atoms with van der Waals surface area (Å²) in [5.41, 5.74) is 1.20. The van der Waals surface area contributed by atoms with Gasteiger partial charge in [0.25, 0.3) is 11.5 Å². The van der Waals surface area contributed by atoms with Crippen molar-refractivity contribution < 1.29 is 4.79 Å². The number of rotatable bonds is 3. The Hall–Kier alpha value is -2.51. The van der Waals surface area contributed by atoms with Crippen molar-refractivity contribution in [2.24, 2.45) is 0 Å². The lowest BCUT2D eigenvalue weighted by molar-refractivity contribution is 0.0758. The molecule has 0 aliphatic carbocycles. The second-order valence-corrected chi connectivity index (χ2v) is 7.87. The number of hydrogen-bond donors (Lipinski definition) is 0. The summed E-state index contributed by atoms with van der Waals surface area (Å²) < 4.78 is 1.51. The first-order valence-electron chi connectivity index (χ1n) is 9.15. The molecule has 1 fully saturated rings. The fourth-order valence-electron chi connectivity index (χ4n) is 3.55. The van der Waals surface area contributed by atoms with Crippen molar-refractivity contribution in [2.75, 3.05) is 26.2 Å². The van der Waals surface area contributed by atoms with Crippen LogP contribution < -0.4 is 5.56 Å². The minimum atomic E-state index is -0.289. The minimum absolute atomic E-state index is 0.147. The van der Waals surface area contributed by atoms with Crippen molar-refractivity contribution in [3.8, 4) is 0 Å². The first kappa shape index (κ1) is 17.9. The van der Waals surface area contributed by atoms with Gasteiger partial charge in [-0.2, -0.15) is 0 Å². The lowest BCUT2D eigenvalue weighted by Gasteiger charge is -2.21. The zero-order chi connectivity index (χ0) is 18.8. The maximum Gasteiger partial charge on any atom is 0.270 e. The maximum absolute atomic E-state index is 13.0. The SMILES string of the molecule is Cc1cccc2ncc(C(=O)N3CCCN(Cc4cccs4)CC3)c(=O)n12. The number of thiophene rings is 1. The summed E-state index contributed by atoms with van der Waals surface area (Å²) in [5.74, 6) is -0.219. The van der Waals surface area contributed by atoms with Gasteiger partial charge in [-0.3, -0.25) is 18.9 Å². The molecule has 0 spiro atoms. The van der Waals surface area contributed by atoms with Crippen LogP contribution in [0.4, 0.5) is 0 Å². The van der Waals surface area contributed by atoms with Crippen LogP contribution in [0.15, 0.2) is 46.7 Å². The molecule has 4 heterocycles. The molecular formula is C20H22N4O2S. The smallest absolute Gasteiger partial charge is 0.270 e. The third kappa shape index (κ3) is 3.65. The Morgan fingerprint density at radius 3 is 2.85 bits per heavy atom. The highest BCUT2D eigenvalue weighted by atomic mass is 32.1. The van der Waals surface area contributed by atoms with E-state index >= 15 is 0 Å². The van der Waals surface area contributed by atoms with Gasteiger partial charge in [-0.1, -0.05) is 12.1 Å². The number of amides is 1. The topological polar surface area (TPSA) is 57.9 Å². The summed E-state index contributed by atoms with van der Waals surface area (Å²) in [4.78, 5) is 35.7. The quantitative estimate of drug-likeness (QED) is 0.698. The van der Waals surface area contributed by atoms with Gasteiger partial charge in [0.05, 0.1) is 0 Å². The van der Waals surface area contributed by atoms with Crippen molar-refractivity contribution in [1.82, 2.24) is 19.2 Å². The Bertz CT molecular complexity index is 1010. The highest BCUT2D eigenvalue weighted by Crippen LogP contribution is 2.14. The molecule has 4 rings (SSSR count).